The molecule has 5 rings (SSSR count). The molecule has 4 aromatic rings. The van der Waals surface area contributed by atoms with E-state index in [-0.39, 0.29) is 9.88 Å². The van der Waals surface area contributed by atoms with Crippen molar-refractivity contribution in [1.82, 2.24) is 15.0 Å². The highest BCUT2D eigenvalue weighted by atomic mass is 35.5. The SMILES string of the molecule is Cc1ccc(C(=O)NN2C(=O)/C(=C/c3c(C)n(Cc4ccccc4Cl)c4ccccc34)SC2=S)c(Cl)c1. The first-order valence-corrected chi connectivity index (χ1v) is 13.4. The number of halogens is 2. The number of hydrazine groups is 1. The number of amides is 2. The lowest BCUT2D eigenvalue weighted by molar-refractivity contribution is -0.123. The number of carbonyl (C=O) groups excluding carboxylic acids is 2. The van der Waals surface area contributed by atoms with Crippen LogP contribution in [0.25, 0.3) is 17.0 Å². The third kappa shape index (κ3) is 4.92. The Morgan fingerprint density at radius 2 is 1.76 bits per heavy atom. The molecule has 5 nitrogen and oxygen atoms in total. The van der Waals surface area contributed by atoms with Crippen LogP contribution in [0.4, 0.5) is 0 Å². The van der Waals surface area contributed by atoms with Gasteiger partial charge in [0.15, 0.2) is 4.32 Å². The maximum atomic E-state index is 13.3. The van der Waals surface area contributed by atoms with Crippen molar-refractivity contribution in [3.63, 3.8) is 0 Å². The predicted molar refractivity (Wildman–Crippen MR) is 156 cm³/mol. The number of para-hydroxylation sites is 1. The van der Waals surface area contributed by atoms with E-state index in [1.54, 1.807) is 18.2 Å². The van der Waals surface area contributed by atoms with Crippen LogP contribution in [0.2, 0.25) is 10.0 Å². The Bertz CT molecular complexity index is 1630. The summed E-state index contributed by atoms with van der Waals surface area (Å²) in [6, 6.07) is 20.9. The second-order valence-corrected chi connectivity index (χ2v) is 11.1. The number of thioether (sulfide) groups is 1. The molecule has 9 heteroatoms. The van der Waals surface area contributed by atoms with Gasteiger partial charge in [-0.3, -0.25) is 15.0 Å². The quantitative estimate of drug-likeness (QED) is 0.206. The summed E-state index contributed by atoms with van der Waals surface area (Å²) >= 11 is 19.2. The van der Waals surface area contributed by atoms with Crippen molar-refractivity contribution in [3.05, 3.63) is 110 Å². The number of hydrogen-bond acceptors (Lipinski definition) is 4. The number of aryl methyl sites for hydroxylation is 1. The van der Waals surface area contributed by atoms with Gasteiger partial charge in [-0.2, -0.15) is 5.01 Å². The van der Waals surface area contributed by atoms with Crippen molar-refractivity contribution in [1.29, 1.82) is 0 Å². The van der Waals surface area contributed by atoms with Crippen LogP contribution in [0.3, 0.4) is 0 Å². The first kappa shape index (κ1) is 25.5. The maximum Gasteiger partial charge on any atom is 0.285 e. The Hall–Kier alpha value is -3.10. The second-order valence-electron chi connectivity index (χ2n) is 8.64. The Morgan fingerprint density at radius 3 is 2.51 bits per heavy atom. The zero-order valence-electron chi connectivity index (χ0n) is 19.9. The first-order valence-electron chi connectivity index (χ1n) is 11.4. The number of nitrogens with zero attached hydrogens (tertiary/aromatic N) is 2. The van der Waals surface area contributed by atoms with E-state index in [2.05, 4.69) is 9.99 Å². The topological polar surface area (TPSA) is 54.3 Å². The molecule has 37 heavy (non-hydrogen) atoms. The second kappa shape index (κ2) is 10.3. The molecule has 0 bridgehead atoms. The van der Waals surface area contributed by atoms with Crippen LogP contribution in [-0.2, 0) is 11.3 Å². The van der Waals surface area contributed by atoms with E-state index in [0.29, 0.717) is 21.5 Å². The smallest absolute Gasteiger partial charge is 0.285 e. The van der Waals surface area contributed by atoms with E-state index < -0.39 is 11.8 Å². The van der Waals surface area contributed by atoms with Gasteiger partial charge in [-0.25, -0.2) is 0 Å². The van der Waals surface area contributed by atoms with Gasteiger partial charge in [-0.05, 0) is 67.5 Å². The highest BCUT2D eigenvalue weighted by Crippen LogP contribution is 2.36. The van der Waals surface area contributed by atoms with Crippen LogP contribution in [-0.4, -0.2) is 25.7 Å². The van der Waals surface area contributed by atoms with Crippen molar-refractivity contribution in [3.8, 4) is 0 Å². The van der Waals surface area contributed by atoms with Crippen molar-refractivity contribution in [2.24, 2.45) is 0 Å². The lowest BCUT2D eigenvalue weighted by Crippen LogP contribution is -2.44. The largest absolute Gasteiger partial charge is 0.340 e. The molecule has 0 spiro atoms. The number of fused-ring (bicyclic) bond motifs is 1. The van der Waals surface area contributed by atoms with Crippen LogP contribution >= 0.6 is 47.2 Å². The van der Waals surface area contributed by atoms with Gasteiger partial charge in [-0.1, -0.05) is 77.4 Å². The van der Waals surface area contributed by atoms with Crippen LogP contribution in [0, 0.1) is 13.8 Å². The molecule has 0 unspecified atom stereocenters. The number of hydrogen-bond donors (Lipinski definition) is 1. The van der Waals surface area contributed by atoms with Gasteiger partial charge in [-0.15, -0.1) is 0 Å². The third-order valence-electron chi connectivity index (χ3n) is 6.22. The molecule has 0 atom stereocenters. The predicted octanol–water partition coefficient (Wildman–Crippen LogP) is 7.16. The van der Waals surface area contributed by atoms with Crippen molar-refractivity contribution < 1.29 is 9.59 Å². The van der Waals surface area contributed by atoms with Gasteiger partial charge in [0.2, 0.25) is 0 Å². The highest BCUT2D eigenvalue weighted by molar-refractivity contribution is 8.26. The number of benzene rings is 3. The van der Waals surface area contributed by atoms with Crippen molar-refractivity contribution in [2.75, 3.05) is 0 Å². The van der Waals surface area contributed by atoms with Gasteiger partial charge in [0, 0.05) is 33.7 Å². The molecular weight excluding hydrogens is 545 g/mol. The van der Waals surface area contributed by atoms with Crippen LogP contribution < -0.4 is 5.43 Å². The van der Waals surface area contributed by atoms with Crippen molar-refractivity contribution >= 4 is 80.3 Å². The number of carbonyl (C=O) groups is 2. The summed E-state index contributed by atoms with van der Waals surface area (Å²) in [4.78, 5) is 26.5. The highest BCUT2D eigenvalue weighted by Gasteiger charge is 2.34. The Kier molecular flexibility index (Phi) is 7.14. The molecule has 0 aliphatic carbocycles. The zero-order valence-corrected chi connectivity index (χ0v) is 23.1. The lowest BCUT2D eigenvalue weighted by Gasteiger charge is -2.16. The average Bonchev–Trinajstić information content (AvgIpc) is 3.28. The minimum atomic E-state index is -0.505. The Balaban J connectivity index is 1.47. The molecule has 2 heterocycles. The summed E-state index contributed by atoms with van der Waals surface area (Å²) < 4.78 is 2.43. The molecule has 186 valence electrons. The summed E-state index contributed by atoms with van der Waals surface area (Å²) in [5.74, 6) is -0.899. The van der Waals surface area contributed by atoms with Gasteiger partial charge in [0.25, 0.3) is 11.8 Å². The summed E-state index contributed by atoms with van der Waals surface area (Å²) in [5.41, 5.74) is 7.74. The summed E-state index contributed by atoms with van der Waals surface area (Å²) in [6.45, 7) is 4.49. The fourth-order valence-corrected chi connectivity index (χ4v) is 5.98. The molecule has 1 fully saturated rings. The monoisotopic (exact) mass is 565 g/mol. The molecule has 1 saturated heterocycles. The van der Waals surface area contributed by atoms with Crippen LogP contribution in [0.5, 0.6) is 0 Å². The molecule has 1 aromatic heterocycles. The third-order valence-corrected chi connectivity index (χ3v) is 8.20. The zero-order chi connectivity index (χ0) is 26.3. The fourth-order valence-electron chi connectivity index (χ4n) is 4.30. The van der Waals surface area contributed by atoms with Gasteiger partial charge < -0.3 is 4.57 Å². The van der Waals surface area contributed by atoms with Gasteiger partial charge in [0.05, 0.1) is 15.5 Å². The number of aromatic nitrogens is 1. The number of thiocarbonyl (C=S) groups is 1. The van der Waals surface area contributed by atoms with E-state index in [1.807, 2.05) is 68.5 Å². The van der Waals surface area contributed by atoms with Gasteiger partial charge in [0.1, 0.15) is 0 Å². The molecule has 1 aliphatic heterocycles. The maximum absolute atomic E-state index is 13.3. The minimum absolute atomic E-state index is 0.241. The average molecular weight is 567 g/mol. The lowest BCUT2D eigenvalue weighted by atomic mass is 10.1. The molecule has 0 saturated carbocycles. The van der Waals surface area contributed by atoms with E-state index >= 15 is 0 Å². The summed E-state index contributed by atoms with van der Waals surface area (Å²) in [5, 5.41) is 3.11. The first-order chi connectivity index (χ1) is 17.7. The Morgan fingerprint density at radius 1 is 1.03 bits per heavy atom. The molecular formula is C28H21Cl2N3O2S2. The Labute approximate surface area is 234 Å². The molecule has 0 radical (unpaired) electrons. The minimum Gasteiger partial charge on any atom is -0.340 e. The van der Waals surface area contributed by atoms with Gasteiger partial charge >= 0.3 is 0 Å². The molecule has 2 amide bonds. The van der Waals surface area contributed by atoms with E-state index in [4.69, 9.17) is 35.4 Å². The summed E-state index contributed by atoms with van der Waals surface area (Å²) in [7, 11) is 0. The standard InChI is InChI=1S/C28H21Cl2N3O2S2/c1-16-11-12-20(23(30)13-16)26(34)31-33-27(35)25(37-28(33)36)14-21-17(2)32(24-10-6-4-8-19(21)24)15-18-7-3-5-9-22(18)29/h3-14H,15H2,1-2H3,(H,31,34)/b25-14-. The van der Waals surface area contributed by atoms with Crippen LogP contribution in [0.1, 0.15) is 32.7 Å². The number of nitrogens with one attached hydrogen (secondary N) is 1. The van der Waals surface area contributed by atoms with Crippen molar-refractivity contribution in [2.45, 2.75) is 20.4 Å². The molecule has 1 N–H and O–H groups in total. The van der Waals surface area contributed by atoms with E-state index in [1.165, 1.54) is 0 Å². The molecule has 3 aromatic carbocycles. The van der Waals surface area contributed by atoms with E-state index in [9.17, 15) is 9.59 Å². The van der Waals surface area contributed by atoms with E-state index in [0.717, 1.165) is 50.1 Å². The fraction of sp³-hybridized carbons (Fsp3) is 0.107. The normalized spacial score (nSPS) is 14.7. The summed E-state index contributed by atoms with van der Waals surface area (Å²) in [6.07, 6.45) is 1.84. The van der Waals surface area contributed by atoms with Crippen LogP contribution in [0.15, 0.2) is 71.6 Å². The number of rotatable bonds is 5. The molecule has 1 aliphatic rings.